The van der Waals surface area contributed by atoms with Crippen LogP contribution < -0.4 is 30.1 Å². The van der Waals surface area contributed by atoms with Gasteiger partial charge in [-0.2, -0.15) is 0 Å². The summed E-state index contributed by atoms with van der Waals surface area (Å²) in [7, 11) is -2.79. The van der Waals surface area contributed by atoms with Crippen LogP contribution in [-0.4, -0.2) is 76.3 Å². The fourth-order valence-electron chi connectivity index (χ4n) is 9.37. The molecule has 0 fully saturated rings. The van der Waals surface area contributed by atoms with Gasteiger partial charge in [-0.25, -0.2) is 9.37 Å². The second-order valence-electron chi connectivity index (χ2n) is 16.9. The average Bonchev–Trinajstić information content (AvgIpc) is 3.19. The number of anilines is 1. The normalized spacial score (nSPS) is 16.1. The van der Waals surface area contributed by atoms with Gasteiger partial charge in [0.25, 0.3) is 0 Å². The van der Waals surface area contributed by atoms with E-state index in [2.05, 4.69) is 75.4 Å². The molecule has 334 valence electrons. The minimum Gasteiger partial charge on any atom is -0.478 e. The smallest absolute Gasteiger partial charge is 0.478 e. The Morgan fingerprint density at radius 3 is 2.05 bits per heavy atom. The number of allylic oxidation sites excluding steroid dienone is 2. The number of hydrogen-bond donors (Lipinski definition) is 2. The summed E-state index contributed by atoms with van der Waals surface area (Å²) in [6.45, 7) is 24.0. The molecule has 0 spiro atoms. The summed E-state index contributed by atoms with van der Waals surface area (Å²) in [6, 6.07) is 8.74. The molecule has 0 unspecified atom stereocenters. The van der Waals surface area contributed by atoms with Crippen LogP contribution in [0.4, 0.5) is 5.69 Å². The van der Waals surface area contributed by atoms with Crippen LogP contribution in [0, 0.1) is 0 Å². The fourth-order valence-corrected chi connectivity index (χ4v) is 13.0. The van der Waals surface area contributed by atoms with Crippen LogP contribution in [0.3, 0.4) is 0 Å². The molecule has 1 amide bonds. The van der Waals surface area contributed by atoms with Gasteiger partial charge in [-0.15, -0.1) is 0 Å². The number of ether oxygens (including phenoxy) is 1. The van der Waals surface area contributed by atoms with Crippen molar-refractivity contribution in [2.24, 2.45) is 0 Å². The predicted molar refractivity (Wildman–Crippen MR) is 254 cm³/mol. The van der Waals surface area contributed by atoms with Gasteiger partial charge in [-0.05, 0) is 91.2 Å². The van der Waals surface area contributed by atoms with Gasteiger partial charge in [-0.1, -0.05) is 52.5 Å². The molecule has 0 bridgehead atoms. The van der Waals surface area contributed by atoms with E-state index in [9.17, 15) is 14.7 Å². The number of carbonyl (C=O) groups excluding carboxylic acids is 1. The molecule has 0 aliphatic carbocycles. The van der Waals surface area contributed by atoms with E-state index in [1.54, 1.807) is 0 Å². The highest BCUT2D eigenvalue weighted by molar-refractivity contribution is 6.60. The molecular weight excluding hydrogens is 888 g/mol. The van der Waals surface area contributed by atoms with E-state index in [1.807, 2.05) is 45.0 Å². The van der Waals surface area contributed by atoms with Crippen molar-refractivity contribution < 1.29 is 32.7 Å². The lowest BCUT2D eigenvalue weighted by molar-refractivity contribution is -0.121. The second-order valence-corrected chi connectivity index (χ2v) is 21.2. The molecule has 0 atom stereocenters. The molecule has 0 saturated carbocycles. The van der Waals surface area contributed by atoms with Gasteiger partial charge in [0, 0.05) is 110 Å². The molecule has 3 aliphatic heterocycles. The third-order valence-corrected chi connectivity index (χ3v) is 16.8. The monoisotopic (exact) mass is 944 g/mol. The van der Waals surface area contributed by atoms with Crippen LogP contribution in [0.25, 0.3) is 16.7 Å². The molecule has 3 aromatic rings. The lowest BCUT2D eigenvalue weighted by atomic mass is 9.83. The van der Waals surface area contributed by atoms with Crippen molar-refractivity contribution in [1.29, 1.82) is 0 Å². The molecule has 0 radical (unpaired) electrons. The van der Waals surface area contributed by atoms with Crippen LogP contribution in [0.5, 0.6) is 11.5 Å². The van der Waals surface area contributed by atoms with E-state index in [0.717, 1.165) is 39.9 Å². The summed E-state index contributed by atoms with van der Waals surface area (Å²) in [5.41, 5.74) is 5.36. The quantitative estimate of drug-likeness (QED) is 0.0354. The number of likely N-dealkylation sites (N-methyl/N-ethyl adjacent to an activating group) is 1. The fraction of sp³-hybridized carbons (Fsp3) is 0.468. The summed E-state index contributed by atoms with van der Waals surface area (Å²) >= 11 is 27.0. The Labute approximate surface area is 386 Å². The Balaban J connectivity index is 1.46. The number of nitrogens with zero attached hydrogens (tertiary/aromatic N) is 2. The van der Waals surface area contributed by atoms with Gasteiger partial charge in [0.05, 0.1) is 37.3 Å². The number of fused-ring (bicyclic) bond motifs is 4. The standard InChI is InChI=1S/C47H57Cl4N3O7Si/c1-11-53-33-23-35-31(21-29(33)27(5)25-46(53,7)8)38(39-40(45(56)57)42(49)44(51)43(50)41(39)48)32-22-30-28(6)26-47(9,10)54(34(30)24-36(32)61-35)19-15-17-37(55)52-18-16-20-62(58-12-2,59-13-3)60-14-4/h21-26H,11-20H2,1-10H3,(H-,52,55,56,57)/p+1. The van der Waals surface area contributed by atoms with Gasteiger partial charge in [0.2, 0.25) is 11.3 Å². The summed E-state index contributed by atoms with van der Waals surface area (Å²) < 4.78 is 27.1. The molecule has 62 heavy (non-hydrogen) atoms. The molecule has 0 saturated heterocycles. The first-order chi connectivity index (χ1) is 29.3. The third kappa shape index (κ3) is 9.11. The number of halogens is 4. The molecule has 3 aliphatic rings. The van der Waals surface area contributed by atoms with E-state index in [0.29, 0.717) is 86.1 Å². The van der Waals surface area contributed by atoms with Gasteiger partial charge < -0.3 is 33.3 Å². The van der Waals surface area contributed by atoms with E-state index in [-0.39, 0.29) is 42.7 Å². The summed E-state index contributed by atoms with van der Waals surface area (Å²) in [5.74, 6) is -0.302. The van der Waals surface area contributed by atoms with E-state index in [4.69, 9.17) is 64.4 Å². The molecule has 3 aromatic carbocycles. The van der Waals surface area contributed by atoms with Crippen LogP contribution in [0.15, 0.2) is 36.4 Å². The van der Waals surface area contributed by atoms with Crippen molar-refractivity contribution in [2.75, 3.05) is 44.4 Å². The van der Waals surface area contributed by atoms with Crippen LogP contribution in [-0.2, 0) is 18.1 Å². The zero-order valence-electron chi connectivity index (χ0n) is 37.3. The van der Waals surface area contributed by atoms with Gasteiger partial charge >= 0.3 is 14.8 Å². The maximum Gasteiger partial charge on any atom is 0.500 e. The van der Waals surface area contributed by atoms with Crippen LogP contribution >= 0.6 is 46.4 Å². The van der Waals surface area contributed by atoms with Gasteiger partial charge in [0.15, 0.2) is 5.54 Å². The zero-order chi connectivity index (χ0) is 45.5. The Kier molecular flexibility index (Phi) is 14.7. The minimum atomic E-state index is -2.79. The molecule has 0 aromatic heterocycles. The molecular formula is C47H58Cl4N3O7Si+. The number of nitrogens with one attached hydrogen (secondary N) is 1. The lowest BCUT2D eigenvalue weighted by Crippen LogP contribution is -2.50. The van der Waals surface area contributed by atoms with Gasteiger partial charge in [0.1, 0.15) is 18.0 Å². The lowest BCUT2D eigenvalue weighted by Gasteiger charge is -2.43. The number of amides is 1. The number of carboxylic acids is 1. The van der Waals surface area contributed by atoms with Gasteiger partial charge in [-0.3, -0.25) is 4.79 Å². The first-order valence-electron chi connectivity index (χ1n) is 21.4. The predicted octanol–water partition coefficient (Wildman–Crippen LogP) is 10.4. The molecule has 10 nitrogen and oxygen atoms in total. The van der Waals surface area contributed by atoms with Crippen molar-refractivity contribution in [1.82, 2.24) is 9.89 Å². The molecule has 6 rings (SSSR count). The zero-order valence-corrected chi connectivity index (χ0v) is 41.4. The highest BCUT2D eigenvalue weighted by atomic mass is 35.5. The van der Waals surface area contributed by atoms with Crippen LogP contribution in [0.2, 0.25) is 26.1 Å². The maximum absolute atomic E-state index is 13.2. The van der Waals surface area contributed by atoms with E-state index < -0.39 is 20.3 Å². The first-order valence-corrected chi connectivity index (χ1v) is 24.8. The Bertz CT molecular complexity index is 2480. The van der Waals surface area contributed by atoms with Crippen molar-refractivity contribution in [3.05, 3.63) is 94.9 Å². The van der Waals surface area contributed by atoms with Crippen molar-refractivity contribution >= 4 is 89.5 Å². The second kappa shape index (κ2) is 19.0. The van der Waals surface area contributed by atoms with Crippen molar-refractivity contribution in [2.45, 2.75) is 106 Å². The SMILES string of the molecule is CCO[Si](CCCNC(=O)CCC[N+]1=c2cc3c(cc2C(C)=CC1(C)C)=C(c1c(Cl)c(Cl)c(Cl)c(Cl)c1C(=O)O)c1cc2c(cc1O3)N(CC)C(C)(C)C=C2C)(OCC)OCC. The summed E-state index contributed by atoms with van der Waals surface area (Å²) in [5, 5.41) is 14.9. The van der Waals surface area contributed by atoms with Crippen LogP contribution in [0.1, 0.15) is 121 Å². The number of carboxylic acid groups (broad SMARTS) is 1. The number of benzene rings is 3. The molecule has 2 N–H and O–H groups in total. The number of carbonyl (C=O) groups is 2. The van der Waals surface area contributed by atoms with Crippen molar-refractivity contribution in [3.8, 4) is 11.5 Å². The number of hydrogen-bond acceptors (Lipinski definition) is 7. The Hall–Kier alpha value is -3.39. The minimum absolute atomic E-state index is 0.0288. The highest BCUT2D eigenvalue weighted by Gasteiger charge is 2.41. The third-order valence-electron chi connectivity index (χ3n) is 11.8. The first kappa shape index (κ1) is 48.1. The Morgan fingerprint density at radius 1 is 0.806 bits per heavy atom. The Morgan fingerprint density at radius 2 is 1.44 bits per heavy atom. The molecule has 3 heterocycles. The maximum atomic E-state index is 13.2. The summed E-state index contributed by atoms with van der Waals surface area (Å²) in [4.78, 5) is 28.6. The van der Waals surface area contributed by atoms with Crippen molar-refractivity contribution in [3.63, 3.8) is 0 Å². The number of rotatable bonds is 17. The number of aromatic carboxylic acids is 1. The molecule has 15 heteroatoms. The summed E-state index contributed by atoms with van der Waals surface area (Å²) in [6.07, 6.45) is 6.06. The van der Waals surface area contributed by atoms with E-state index in [1.165, 1.54) is 0 Å². The highest BCUT2D eigenvalue weighted by Crippen LogP contribution is 2.50. The topological polar surface area (TPSA) is 110 Å². The average molecular weight is 947 g/mol. The largest absolute Gasteiger partial charge is 0.500 e. The van der Waals surface area contributed by atoms with E-state index >= 15 is 0 Å².